The second-order valence-electron chi connectivity index (χ2n) is 6.80. The predicted octanol–water partition coefficient (Wildman–Crippen LogP) is 4.96. The van der Waals surface area contributed by atoms with Crippen LogP contribution in [0.15, 0.2) is 72.8 Å². The lowest BCUT2D eigenvalue weighted by molar-refractivity contribution is -0.122. The molecule has 0 fully saturated rings. The van der Waals surface area contributed by atoms with E-state index in [1.165, 1.54) is 11.1 Å². The average Bonchev–Trinajstić information content (AvgIpc) is 2.68. The first-order valence-electron chi connectivity index (χ1n) is 9.62. The fraction of sp³-hybridized carbons (Fsp3) is 0.333. The van der Waals surface area contributed by atoms with Gasteiger partial charge < -0.3 is 0 Å². The topological polar surface area (TPSA) is 37.4 Å². The maximum absolute atomic E-state index is 12.4. The summed E-state index contributed by atoms with van der Waals surface area (Å²) in [5.41, 5.74) is 2.38. The quantitative estimate of drug-likeness (QED) is 0.529. The number of benzene rings is 2. The standard InChI is InChI=1S/C24H29NO2/c1-3-23(27)16-10-11-17-24(20(2)26)25(18-21-12-6-4-7-13-21)19-22-14-8-5-9-15-22/h4-10,12-16,24H,3,11,17-19H2,1-2H3/b16-10+/t24-/m1/s1. The van der Waals surface area contributed by atoms with Crippen LogP contribution in [0.1, 0.15) is 44.2 Å². The Labute approximate surface area is 162 Å². The summed E-state index contributed by atoms with van der Waals surface area (Å²) in [5.74, 6) is 0.289. The lowest BCUT2D eigenvalue weighted by atomic mass is 10.0. The van der Waals surface area contributed by atoms with Crippen LogP contribution < -0.4 is 0 Å². The molecule has 0 aliphatic carbocycles. The Morgan fingerprint density at radius 2 is 1.44 bits per heavy atom. The molecule has 2 rings (SSSR count). The fourth-order valence-electron chi connectivity index (χ4n) is 3.14. The molecule has 2 aromatic rings. The third kappa shape index (κ3) is 7.32. The first-order valence-corrected chi connectivity index (χ1v) is 9.62. The van der Waals surface area contributed by atoms with Crippen LogP contribution in [0.5, 0.6) is 0 Å². The van der Waals surface area contributed by atoms with Gasteiger partial charge in [-0.15, -0.1) is 0 Å². The Balaban J connectivity index is 2.14. The maximum atomic E-state index is 12.4. The van der Waals surface area contributed by atoms with Crippen molar-refractivity contribution in [2.24, 2.45) is 0 Å². The predicted molar refractivity (Wildman–Crippen MR) is 110 cm³/mol. The molecule has 3 heteroatoms. The van der Waals surface area contributed by atoms with Crippen LogP contribution in [0.3, 0.4) is 0 Å². The summed E-state index contributed by atoms with van der Waals surface area (Å²) in [6, 6.07) is 20.3. The molecule has 0 saturated heterocycles. The molecule has 0 heterocycles. The zero-order chi connectivity index (χ0) is 19.5. The molecule has 0 unspecified atom stereocenters. The smallest absolute Gasteiger partial charge is 0.155 e. The SMILES string of the molecule is CCC(=O)/C=C/CC[C@H](C(C)=O)N(Cc1ccccc1)Cc1ccccc1. The Morgan fingerprint density at radius 3 is 1.89 bits per heavy atom. The third-order valence-corrected chi connectivity index (χ3v) is 4.63. The molecule has 0 saturated carbocycles. The average molecular weight is 364 g/mol. The van der Waals surface area contributed by atoms with Gasteiger partial charge in [-0.3, -0.25) is 14.5 Å². The lowest BCUT2D eigenvalue weighted by Gasteiger charge is -2.30. The maximum Gasteiger partial charge on any atom is 0.155 e. The van der Waals surface area contributed by atoms with Crippen molar-refractivity contribution >= 4 is 11.6 Å². The lowest BCUT2D eigenvalue weighted by Crippen LogP contribution is -2.39. The van der Waals surface area contributed by atoms with Crippen molar-refractivity contribution in [2.75, 3.05) is 0 Å². The van der Waals surface area contributed by atoms with Crippen LogP contribution in [0.4, 0.5) is 0 Å². The van der Waals surface area contributed by atoms with E-state index in [1.807, 2.05) is 49.4 Å². The monoisotopic (exact) mass is 363 g/mol. The van der Waals surface area contributed by atoms with E-state index in [9.17, 15) is 9.59 Å². The first kappa shape index (κ1) is 20.8. The van der Waals surface area contributed by atoms with Crippen molar-refractivity contribution in [3.05, 3.63) is 83.9 Å². The van der Waals surface area contributed by atoms with Crippen LogP contribution in [-0.2, 0) is 22.7 Å². The molecule has 0 aliphatic heterocycles. The van der Waals surface area contributed by atoms with E-state index in [-0.39, 0.29) is 17.6 Å². The largest absolute Gasteiger partial charge is 0.298 e. The number of carbonyl (C=O) groups is 2. The van der Waals surface area contributed by atoms with Crippen molar-refractivity contribution in [1.82, 2.24) is 4.90 Å². The molecule has 27 heavy (non-hydrogen) atoms. The summed E-state index contributed by atoms with van der Waals surface area (Å²) >= 11 is 0. The molecule has 142 valence electrons. The van der Waals surface area contributed by atoms with E-state index in [1.54, 1.807) is 13.0 Å². The zero-order valence-electron chi connectivity index (χ0n) is 16.3. The number of nitrogens with zero attached hydrogens (tertiary/aromatic N) is 1. The van der Waals surface area contributed by atoms with Crippen LogP contribution in [0.25, 0.3) is 0 Å². The highest BCUT2D eigenvalue weighted by Crippen LogP contribution is 2.18. The van der Waals surface area contributed by atoms with Gasteiger partial charge in [-0.25, -0.2) is 0 Å². The highest BCUT2D eigenvalue weighted by molar-refractivity contribution is 5.89. The van der Waals surface area contributed by atoms with Crippen molar-refractivity contribution in [3.63, 3.8) is 0 Å². The van der Waals surface area contributed by atoms with E-state index in [2.05, 4.69) is 29.2 Å². The molecular formula is C24H29NO2. The Hall–Kier alpha value is -2.52. The molecule has 1 atom stereocenters. The van der Waals surface area contributed by atoms with Gasteiger partial charge in [0.2, 0.25) is 0 Å². The van der Waals surface area contributed by atoms with Gasteiger partial charge in [0.15, 0.2) is 5.78 Å². The molecule has 2 aromatic carbocycles. The van der Waals surface area contributed by atoms with E-state index in [0.29, 0.717) is 12.8 Å². The van der Waals surface area contributed by atoms with Gasteiger partial charge in [0.05, 0.1) is 6.04 Å². The summed E-state index contributed by atoms with van der Waals surface area (Å²) in [5, 5.41) is 0. The van der Waals surface area contributed by atoms with Crippen molar-refractivity contribution in [1.29, 1.82) is 0 Å². The molecule has 0 aliphatic rings. The second-order valence-corrected chi connectivity index (χ2v) is 6.80. The normalized spacial score (nSPS) is 12.4. The van der Waals surface area contributed by atoms with Gasteiger partial charge in [-0.2, -0.15) is 0 Å². The van der Waals surface area contributed by atoms with Crippen LogP contribution >= 0.6 is 0 Å². The number of hydrogen-bond acceptors (Lipinski definition) is 3. The third-order valence-electron chi connectivity index (χ3n) is 4.63. The van der Waals surface area contributed by atoms with Crippen molar-refractivity contribution in [2.45, 2.75) is 52.2 Å². The fourth-order valence-corrected chi connectivity index (χ4v) is 3.14. The van der Waals surface area contributed by atoms with Gasteiger partial charge in [0, 0.05) is 19.5 Å². The van der Waals surface area contributed by atoms with Crippen LogP contribution in [0, 0.1) is 0 Å². The summed E-state index contributed by atoms with van der Waals surface area (Å²) in [4.78, 5) is 26.1. The van der Waals surface area contributed by atoms with Gasteiger partial charge in [0.25, 0.3) is 0 Å². The van der Waals surface area contributed by atoms with Crippen LogP contribution in [0.2, 0.25) is 0 Å². The Bertz CT molecular complexity index is 696. The summed E-state index contributed by atoms with van der Waals surface area (Å²) in [6.07, 6.45) is 5.47. The summed E-state index contributed by atoms with van der Waals surface area (Å²) in [7, 11) is 0. The first-order chi connectivity index (χ1) is 13.1. The zero-order valence-corrected chi connectivity index (χ0v) is 16.3. The second kappa shape index (κ2) is 11.2. The Morgan fingerprint density at radius 1 is 0.926 bits per heavy atom. The van der Waals surface area contributed by atoms with E-state index in [4.69, 9.17) is 0 Å². The van der Waals surface area contributed by atoms with Crippen LogP contribution in [-0.4, -0.2) is 22.5 Å². The highest BCUT2D eigenvalue weighted by Gasteiger charge is 2.22. The summed E-state index contributed by atoms with van der Waals surface area (Å²) < 4.78 is 0. The number of carbonyl (C=O) groups excluding carboxylic acids is 2. The minimum Gasteiger partial charge on any atom is -0.298 e. The number of hydrogen-bond donors (Lipinski definition) is 0. The summed E-state index contributed by atoms with van der Waals surface area (Å²) in [6.45, 7) is 4.95. The number of rotatable bonds is 11. The number of ketones is 2. The minimum absolute atomic E-state index is 0.125. The van der Waals surface area contributed by atoms with Gasteiger partial charge in [-0.1, -0.05) is 73.7 Å². The molecule has 3 nitrogen and oxygen atoms in total. The van der Waals surface area contributed by atoms with Gasteiger partial charge in [0.1, 0.15) is 5.78 Å². The number of Topliss-reactive ketones (excluding diaryl/α,β-unsaturated/α-hetero) is 1. The van der Waals surface area contributed by atoms with E-state index >= 15 is 0 Å². The molecule has 0 radical (unpaired) electrons. The minimum atomic E-state index is -0.174. The number of allylic oxidation sites excluding steroid dienone is 2. The molecule has 0 spiro atoms. The van der Waals surface area contributed by atoms with Gasteiger partial charge in [-0.05, 0) is 37.0 Å². The molecule has 0 aromatic heterocycles. The molecular weight excluding hydrogens is 334 g/mol. The van der Waals surface area contributed by atoms with E-state index < -0.39 is 0 Å². The molecule has 0 N–H and O–H groups in total. The van der Waals surface area contributed by atoms with Gasteiger partial charge >= 0.3 is 0 Å². The molecule has 0 bridgehead atoms. The van der Waals surface area contributed by atoms with Crippen molar-refractivity contribution in [3.8, 4) is 0 Å². The van der Waals surface area contributed by atoms with E-state index in [0.717, 1.165) is 19.5 Å². The van der Waals surface area contributed by atoms with Crippen molar-refractivity contribution < 1.29 is 9.59 Å². The Kier molecular flexibility index (Phi) is 8.66. The molecule has 0 amide bonds. The highest BCUT2D eigenvalue weighted by atomic mass is 16.1.